The molecule has 0 aromatic heterocycles. The van der Waals surface area contributed by atoms with Crippen molar-refractivity contribution >= 4 is 21.7 Å². The van der Waals surface area contributed by atoms with Gasteiger partial charge in [-0.2, -0.15) is 0 Å². The van der Waals surface area contributed by atoms with Gasteiger partial charge in [-0.15, -0.1) is 0 Å². The van der Waals surface area contributed by atoms with E-state index in [1.165, 1.54) is 11.6 Å². The number of hydrogen-bond donors (Lipinski definition) is 3. The average Bonchev–Trinajstić information content (AvgIpc) is 2.59. The molecule has 0 aliphatic heterocycles. The quantitative estimate of drug-likeness (QED) is 0.661. The van der Waals surface area contributed by atoms with Gasteiger partial charge in [0.15, 0.2) is 0 Å². The molecule has 0 aliphatic rings. The number of urea groups is 1. The van der Waals surface area contributed by atoms with Crippen molar-refractivity contribution in [2.75, 3.05) is 11.9 Å². The number of anilines is 1. The highest BCUT2D eigenvalue weighted by molar-refractivity contribution is 7.89. The molecule has 0 unspecified atom stereocenters. The standard InChI is InChI=1S/C18H23N3O3S/c1-2-15-10-11-16(13-17(15)25(19,23)24)21-18(22)20-12-6-9-14-7-4-3-5-8-14/h3-5,7-8,10-11,13H,2,6,9,12H2,1H3,(H2,19,23,24)(H2,20,21,22). The first-order chi connectivity index (χ1) is 11.9. The molecule has 2 aromatic carbocycles. The number of hydrogen-bond acceptors (Lipinski definition) is 3. The van der Waals surface area contributed by atoms with Gasteiger partial charge in [0.1, 0.15) is 0 Å². The number of nitrogens with two attached hydrogens (primary N) is 1. The molecule has 2 rings (SSSR count). The van der Waals surface area contributed by atoms with Crippen molar-refractivity contribution in [2.24, 2.45) is 5.14 Å². The Morgan fingerprint density at radius 3 is 2.48 bits per heavy atom. The molecule has 0 spiro atoms. The maximum atomic E-state index is 11.9. The molecule has 0 bridgehead atoms. The van der Waals surface area contributed by atoms with E-state index in [-0.39, 0.29) is 10.9 Å². The van der Waals surface area contributed by atoms with Gasteiger partial charge in [0.25, 0.3) is 0 Å². The van der Waals surface area contributed by atoms with Crippen molar-refractivity contribution in [3.8, 4) is 0 Å². The van der Waals surface area contributed by atoms with Gasteiger partial charge >= 0.3 is 6.03 Å². The average molecular weight is 361 g/mol. The lowest BCUT2D eigenvalue weighted by Crippen LogP contribution is -2.30. The van der Waals surface area contributed by atoms with Crippen LogP contribution >= 0.6 is 0 Å². The van der Waals surface area contributed by atoms with Gasteiger partial charge in [0.05, 0.1) is 4.90 Å². The van der Waals surface area contributed by atoms with Crippen molar-refractivity contribution in [1.29, 1.82) is 0 Å². The second-order valence-electron chi connectivity index (χ2n) is 5.69. The number of carbonyl (C=O) groups is 1. The Labute approximate surface area is 148 Å². The van der Waals surface area contributed by atoms with Crippen LogP contribution in [-0.4, -0.2) is 21.0 Å². The predicted molar refractivity (Wildman–Crippen MR) is 99.0 cm³/mol. The molecular weight excluding hydrogens is 338 g/mol. The molecule has 7 heteroatoms. The third-order valence-electron chi connectivity index (χ3n) is 3.78. The molecule has 2 aromatic rings. The monoisotopic (exact) mass is 361 g/mol. The molecule has 0 fully saturated rings. The molecule has 0 saturated heterocycles. The summed E-state index contributed by atoms with van der Waals surface area (Å²) in [5.41, 5.74) is 2.23. The number of amides is 2. The Kier molecular flexibility index (Phi) is 6.55. The van der Waals surface area contributed by atoms with Crippen molar-refractivity contribution < 1.29 is 13.2 Å². The Balaban J connectivity index is 1.88. The molecule has 0 aliphatic carbocycles. The molecule has 134 valence electrons. The first-order valence-corrected chi connectivity index (χ1v) is 9.69. The van der Waals surface area contributed by atoms with E-state index in [4.69, 9.17) is 5.14 Å². The summed E-state index contributed by atoms with van der Waals surface area (Å²) in [6.07, 6.45) is 2.23. The van der Waals surface area contributed by atoms with Gasteiger partial charge in [-0.05, 0) is 42.5 Å². The van der Waals surface area contributed by atoms with E-state index in [0.29, 0.717) is 24.2 Å². The Morgan fingerprint density at radius 2 is 1.84 bits per heavy atom. The summed E-state index contributed by atoms with van der Waals surface area (Å²) < 4.78 is 23.3. The van der Waals surface area contributed by atoms with Crippen molar-refractivity contribution in [1.82, 2.24) is 5.32 Å². The van der Waals surface area contributed by atoms with E-state index >= 15 is 0 Å². The normalized spacial score (nSPS) is 11.1. The molecule has 0 saturated carbocycles. The minimum atomic E-state index is -3.83. The Morgan fingerprint density at radius 1 is 1.12 bits per heavy atom. The molecule has 6 nitrogen and oxygen atoms in total. The highest BCUT2D eigenvalue weighted by Crippen LogP contribution is 2.20. The number of benzene rings is 2. The van der Waals surface area contributed by atoms with Crippen LogP contribution < -0.4 is 15.8 Å². The van der Waals surface area contributed by atoms with Gasteiger partial charge < -0.3 is 10.6 Å². The van der Waals surface area contributed by atoms with E-state index in [1.807, 2.05) is 37.3 Å². The minimum Gasteiger partial charge on any atom is -0.338 e. The second kappa shape index (κ2) is 8.64. The van der Waals surface area contributed by atoms with E-state index in [0.717, 1.165) is 12.8 Å². The fourth-order valence-corrected chi connectivity index (χ4v) is 3.37. The number of rotatable bonds is 7. The third kappa shape index (κ3) is 5.88. The molecule has 4 N–H and O–H groups in total. The summed E-state index contributed by atoms with van der Waals surface area (Å²) >= 11 is 0. The summed E-state index contributed by atoms with van der Waals surface area (Å²) in [4.78, 5) is 12.0. The van der Waals surface area contributed by atoms with Crippen LogP contribution in [-0.2, 0) is 22.9 Å². The Hall–Kier alpha value is -2.38. The third-order valence-corrected chi connectivity index (χ3v) is 4.78. The van der Waals surface area contributed by atoms with E-state index < -0.39 is 10.0 Å². The van der Waals surface area contributed by atoms with Gasteiger partial charge in [0.2, 0.25) is 10.0 Å². The molecule has 25 heavy (non-hydrogen) atoms. The van der Waals surface area contributed by atoms with Gasteiger partial charge in [-0.3, -0.25) is 0 Å². The van der Waals surface area contributed by atoms with Crippen LogP contribution in [0.25, 0.3) is 0 Å². The summed E-state index contributed by atoms with van der Waals surface area (Å²) in [6.45, 7) is 2.37. The van der Waals surface area contributed by atoms with Crippen LogP contribution in [0, 0.1) is 0 Å². The zero-order chi connectivity index (χ0) is 18.3. The summed E-state index contributed by atoms with van der Waals surface area (Å²) in [5.74, 6) is 0. The molecule has 0 radical (unpaired) electrons. The molecular formula is C18H23N3O3S. The maximum Gasteiger partial charge on any atom is 0.319 e. The number of carbonyl (C=O) groups excluding carboxylic acids is 1. The fraction of sp³-hybridized carbons (Fsp3) is 0.278. The number of primary sulfonamides is 1. The van der Waals surface area contributed by atoms with Crippen molar-refractivity contribution in [2.45, 2.75) is 31.1 Å². The van der Waals surface area contributed by atoms with Crippen molar-refractivity contribution in [3.05, 3.63) is 59.7 Å². The Bertz CT molecular complexity index is 821. The van der Waals surface area contributed by atoms with Crippen molar-refractivity contribution in [3.63, 3.8) is 0 Å². The zero-order valence-corrected chi connectivity index (χ0v) is 15.0. The van der Waals surface area contributed by atoms with E-state index in [1.54, 1.807) is 12.1 Å². The van der Waals surface area contributed by atoms with Crippen LogP contribution in [0.3, 0.4) is 0 Å². The van der Waals surface area contributed by atoms with Gasteiger partial charge in [0, 0.05) is 12.2 Å². The first kappa shape index (κ1) is 19.0. The largest absolute Gasteiger partial charge is 0.338 e. The van der Waals surface area contributed by atoms with E-state index in [9.17, 15) is 13.2 Å². The smallest absolute Gasteiger partial charge is 0.319 e. The van der Waals surface area contributed by atoms with Gasteiger partial charge in [-0.25, -0.2) is 18.4 Å². The first-order valence-electron chi connectivity index (χ1n) is 8.14. The highest BCUT2D eigenvalue weighted by atomic mass is 32.2. The lowest BCUT2D eigenvalue weighted by molar-refractivity contribution is 0.252. The SMILES string of the molecule is CCc1ccc(NC(=O)NCCCc2ccccc2)cc1S(N)(=O)=O. The minimum absolute atomic E-state index is 0.0388. The lowest BCUT2D eigenvalue weighted by atomic mass is 10.1. The van der Waals surface area contributed by atoms with Crippen LogP contribution in [0.2, 0.25) is 0 Å². The number of aryl methyl sites for hydroxylation is 2. The number of nitrogens with one attached hydrogen (secondary N) is 2. The highest BCUT2D eigenvalue weighted by Gasteiger charge is 2.14. The van der Waals surface area contributed by atoms with Gasteiger partial charge in [-0.1, -0.05) is 43.3 Å². The molecule has 0 atom stereocenters. The molecule has 2 amide bonds. The zero-order valence-electron chi connectivity index (χ0n) is 14.2. The summed E-state index contributed by atoms with van der Waals surface area (Å²) in [6, 6.07) is 14.4. The topological polar surface area (TPSA) is 101 Å². The predicted octanol–water partition coefficient (Wildman–Crippen LogP) is 2.65. The summed E-state index contributed by atoms with van der Waals surface area (Å²) in [7, 11) is -3.83. The van der Waals surface area contributed by atoms with Crippen LogP contribution in [0.15, 0.2) is 53.4 Å². The molecule has 0 heterocycles. The van der Waals surface area contributed by atoms with Crippen LogP contribution in [0.1, 0.15) is 24.5 Å². The summed E-state index contributed by atoms with van der Waals surface area (Å²) in [5, 5.41) is 10.6. The van der Waals surface area contributed by atoms with Crippen LogP contribution in [0.4, 0.5) is 10.5 Å². The lowest BCUT2D eigenvalue weighted by Gasteiger charge is -2.11. The van der Waals surface area contributed by atoms with Crippen LogP contribution in [0.5, 0.6) is 0 Å². The van der Waals surface area contributed by atoms with E-state index in [2.05, 4.69) is 10.6 Å². The fourth-order valence-electron chi connectivity index (χ4n) is 2.50. The second-order valence-corrected chi connectivity index (χ2v) is 7.22. The maximum absolute atomic E-state index is 11.9. The number of sulfonamides is 1.